The molecule has 1 heterocycles. The number of aryl methyl sites for hydroxylation is 1. The fraction of sp³-hybridized carbons (Fsp3) is 0.0556. The van der Waals surface area contributed by atoms with Crippen LogP contribution in [-0.2, 0) is 0 Å². The fourth-order valence-electron chi connectivity index (χ4n) is 2.76. The predicted molar refractivity (Wildman–Crippen MR) is 91.9 cm³/mol. The topological polar surface area (TPSA) is 94.4 Å². The molecule has 0 atom stereocenters. The lowest BCUT2D eigenvalue weighted by atomic mass is 9.96. The van der Waals surface area contributed by atoms with Crippen LogP contribution in [0.3, 0.4) is 0 Å². The summed E-state index contributed by atoms with van der Waals surface area (Å²) >= 11 is 0. The van der Waals surface area contributed by atoms with Crippen LogP contribution in [-0.4, -0.2) is 16.9 Å². The zero-order valence-corrected chi connectivity index (χ0v) is 13.6. The number of hydrogen-bond acceptors (Lipinski definition) is 2. The van der Waals surface area contributed by atoms with Crippen LogP contribution in [0.4, 0.5) is 13.2 Å². The number of hydrogen-bond donors (Lipinski definition) is 2. The van der Waals surface area contributed by atoms with E-state index in [1.54, 1.807) is 6.92 Å². The van der Waals surface area contributed by atoms with Crippen LogP contribution in [0, 0.1) is 24.4 Å². The van der Waals surface area contributed by atoms with Crippen LogP contribution < -0.4 is 11.5 Å². The first-order valence-electron chi connectivity index (χ1n) is 7.46. The summed E-state index contributed by atoms with van der Waals surface area (Å²) < 4.78 is 41.7. The first-order valence-corrected chi connectivity index (χ1v) is 7.46. The van der Waals surface area contributed by atoms with E-state index in [9.17, 15) is 18.0 Å². The number of guanidine groups is 1. The van der Waals surface area contributed by atoms with E-state index >= 15 is 0 Å². The van der Waals surface area contributed by atoms with Crippen molar-refractivity contribution in [2.75, 3.05) is 0 Å². The van der Waals surface area contributed by atoms with Crippen molar-refractivity contribution in [1.82, 2.24) is 4.98 Å². The number of carbonyl (C=O) groups excluding carboxylic acids is 1. The van der Waals surface area contributed by atoms with Gasteiger partial charge in [0.25, 0.3) is 5.91 Å². The SMILES string of the molecule is Cc1cc(C(=O)N=C(N)N)cc2c(-c3c(F)cc(F)cc3F)ccnc12. The minimum absolute atomic E-state index is 0.126. The Balaban J connectivity index is 2.33. The number of rotatable bonds is 2. The molecule has 1 amide bonds. The van der Waals surface area contributed by atoms with Crippen molar-refractivity contribution < 1.29 is 18.0 Å². The molecule has 0 aliphatic heterocycles. The Morgan fingerprint density at radius 3 is 2.35 bits per heavy atom. The Morgan fingerprint density at radius 2 is 1.73 bits per heavy atom. The Hall–Kier alpha value is -3.42. The summed E-state index contributed by atoms with van der Waals surface area (Å²) in [5, 5.41) is 0.311. The summed E-state index contributed by atoms with van der Waals surface area (Å²) in [5.41, 5.74) is 11.3. The first kappa shape index (κ1) is 17.4. The highest BCUT2D eigenvalue weighted by Gasteiger charge is 2.18. The van der Waals surface area contributed by atoms with Gasteiger partial charge in [-0.05, 0) is 36.2 Å². The maximum atomic E-state index is 14.2. The van der Waals surface area contributed by atoms with Crippen LogP contribution in [0.1, 0.15) is 15.9 Å². The number of carbonyl (C=O) groups is 1. The van der Waals surface area contributed by atoms with E-state index in [1.165, 1.54) is 24.4 Å². The second kappa shape index (κ2) is 6.47. The number of amides is 1. The lowest BCUT2D eigenvalue weighted by Gasteiger charge is -2.11. The summed E-state index contributed by atoms with van der Waals surface area (Å²) in [6, 6.07) is 5.47. The monoisotopic (exact) mass is 358 g/mol. The van der Waals surface area contributed by atoms with Crippen molar-refractivity contribution in [3.63, 3.8) is 0 Å². The van der Waals surface area contributed by atoms with Gasteiger partial charge in [-0.15, -0.1) is 0 Å². The van der Waals surface area contributed by atoms with Crippen molar-refractivity contribution >= 4 is 22.8 Å². The molecule has 0 saturated carbocycles. The van der Waals surface area contributed by atoms with Crippen LogP contribution in [0.25, 0.3) is 22.0 Å². The smallest absolute Gasteiger partial charge is 0.280 e. The second-order valence-electron chi connectivity index (χ2n) is 5.63. The number of aliphatic imine (C=N–C) groups is 1. The molecule has 0 aliphatic carbocycles. The molecule has 0 radical (unpaired) electrons. The quantitative estimate of drug-likeness (QED) is 0.544. The second-order valence-corrected chi connectivity index (χ2v) is 5.63. The van der Waals surface area contributed by atoms with Crippen molar-refractivity contribution in [2.24, 2.45) is 16.5 Å². The molecule has 0 saturated heterocycles. The Labute approximate surface area is 146 Å². The summed E-state index contributed by atoms with van der Waals surface area (Å²) in [6.07, 6.45) is 1.38. The third kappa shape index (κ3) is 3.08. The molecule has 4 N–H and O–H groups in total. The minimum Gasteiger partial charge on any atom is -0.370 e. The molecule has 3 rings (SSSR count). The number of halogens is 3. The normalized spacial score (nSPS) is 10.8. The zero-order valence-electron chi connectivity index (χ0n) is 13.6. The van der Waals surface area contributed by atoms with Crippen molar-refractivity contribution in [3.05, 3.63) is 65.1 Å². The molecule has 0 fully saturated rings. The van der Waals surface area contributed by atoms with Crippen LogP contribution >= 0.6 is 0 Å². The summed E-state index contributed by atoms with van der Waals surface area (Å²) in [6.45, 7) is 1.68. The van der Waals surface area contributed by atoms with Crippen LogP contribution in [0.15, 0.2) is 41.5 Å². The number of nitrogens with two attached hydrogens (primary N) is 2. The van der Waals surface area contributed by atoms with Gasteiger partial charge < -0.3 is 11.5 Å². The van der Waals surface area contributed by atoms with Gasteiger partial charge in [0.1, 0.15) is 17.5 Å². The highest BCUT2D eigenvalue weighted by molar-refractivity contribution is 6.06. The standard InChI is InChI=1S/C18H13F3N4O/c1-8-4-9(17(26)25-18(22)23)5-12-11(2-3-24-16(8)12)15-13(20)6-10(19)7-14(15)21/h2-7H,1H3,(H4,22,23,25,26). The molecule has 8 heteroatoms. The number of aromatic nitrogens is 1. The molecule has 26 heavy (non-hydrogen) atoms. The van der Waals surface area contributed by atoms with Gasteiger partial charge in [0.15, 0.2) is 5.96 Å². The molecule has 1 aromatic heterocycles. The number of nitrogens with zero attached hydrogens (tertiary/aromatic N) is 2. The van der Waals surface area contributed by atoms with Gasteiger partial charge in [0.05, 0.1) is 11.1 Å². The average Bonchev–Trinajstić information content (AvgIpc) is 2.53. The molecule has 0 unspecified atom stereocenters. The van der Waals surface area contributed by atoms with E-state index in [0.717, 1.165) is 0 Å². The van der Waals surface area contributed by atoms with Gasteiger partial charge >= 0.3 is 0 Å². The Kier molecular flexibility index (Phi) is 4.33. The van der Waals surface area contributed by atoms with E-state index in [4.69, 9.17) is 11.5 Å². The summed E-state index contributed by atoms with van der Waals surface area (Å²) in [5.74, 6) is -4.26. The molecular weight excluding hydrogens is 345 g/mol. The molecule has 0 aliphatic rings. The predicted octanol–water partition coefficient (Wildman–Crippen LogP) is 3.04. The number of benzene rings is 2. The summed E-state index contributed by atoms with van der Waals surface area (Å²) in [7, 11) is 0. The Morgan fingerprint density at radius 1 is 1.08 bits per heavy atom. The average molecular weight is 358 g/mol. The fourth-order valence-corrected chi connectivity index (χ4v) is 2.76. The highest BCUT2D eigenvalue weighted by Crippen LogP contribution is 2.34. The van der Waals surface area contributed by atoms with Gasteiger partial charge in [-0.25, -0.2) is 13.2 Å². The van der Waals surface area contributed by atoms with E-state index in [0.29, 0.717) is 28.6 Å². The maximum Gasteiger partial charge on any atom is 0.280 e. The van der Waals surface area contributed by atoms with Gasteiger partial charge in [-0.2, -0.15) is 4.99 Å². The van der Waals surface area contributed by atoms with Gasteiger partial charge in [-0.3, -0.25) is 9.78 Å². The van der Waals surface area contributed by atoms with Gasteiger partial charge in [0, 0.05) is 29.3 Å². The maximum absolute atomic E-state index is 14.2. The first-order chi connectivity index (χ1) is 12.3. The molecular formula is C18H13F3N4O. The largest absolute Gasteiger partial charge is 0.370 e. The van der Waals surface area contributed by atoms with E-state index < -0.39 is 34.9 Å². The molecule has 5 nitrogen and oxygen atoms in total. The number of fused-ring (bicyclic) bond motifs is 1. The number of pyridine rings is 1. The van der Waals surface area contributed by atoms with Gasteiger partial charge in [0.2, 0.25) is 0 Å². The highest BCUT2D eigenvalue weighted by atomic mass is 19.1. The molecule has 0 bridgehead atoms. The zero-order chi connectivity index (χ0) is 19.0. The van der Waals surface area contributed by atoms with Crippen LogP contribution in [0.2, 0.25) is 0 Å². The third-order valence-electron chi connectivity index (χ3n) is 3.79. The third-order valence-corrected chi connectivity index (χ3v) is 3.79. The minimum atomic E-state index is -1.06. The van der Waals surface area contributed by atoms with Gasteiger partial charge in [-0.1, -0.05) is 0 Å². The molecule has 2 aromatic carbocycles. The lowest BCUT2D eigenvalue weighted by molar-refractivity contribution is 0.100. The van der Waals surface area contributed by atoms with E-state index in [1.807, 2.05) is 0 Å². The van der Waals surface area contributed by atoms with Crippen molar-refractivity contribution in [2.45, 2.75) is 6.92 Å². The molecule has 0 spiro atoms. The molecule has 132 valence electrons. The Bertz CT molecular complexity index is 1050. The van der Waals surface area contributed by atoms with E-state index in [-0.39, 0.29) is 11.1 Å². The lowest BCUT2D eigenvalue weighted by Crippen LogP contribution is -2.24. The van der Waals surface area contributed by atoms with E-state index in [2.05, 4.69) is 9.98 Å². The van der Waals surface area contributed by atoms with Crippen LogP contribution in [0.5, 0.6) is 0 Å². The van der Waals surface area contributed by atoms with Crippen molar-refractivity contribution in [3.8, 4) is 11.1 Å². The van der Waals surface area contributed by atoms with Crippen molar-refractivity contribution in [1.29, 1.82) is 0 Å². The summed E-state index contributed by atoms with van der Waals surface area (Å²) in [4.78, 5) is 19.8. The molecule has 3 aromatic rings.